The molecule has 1 aliphatic heterocycles. The van der Waals surface area contributed by atoms with Crippen molar-refractivity contribution < 1.29 is 24.1 Å². The van der Waals surface area contributed by atoms with Crippen LogP contribution in [0.15, 0.2) is 24.3 Å². The number of ether oxygens (including phenoxy) is 4. The number of hydrogen-bond donors (Lipinski definition) is 1. The maximum absolute atomic E-state index is 10.0. The molecule has 1 aromatic rings. The summed E-state index contributed by atoms with van der Waals surface area (Å²) >= 11 is 0. The number of phenols is 1. The largest absolute Gasteiger partial charge is 0.508 e. The Hall–Kier alpha value is -1.14. The molecule has 8 atom stereocenters. The first kappa shape index (κ1) is 23.3. The van der Waals surface area contributed by atoms with Gasteiger partial charge >= 0.3 is 0 Å². The van der Waals surface area contributed by atoms with E-state index in [9.17, 15) is 5.11 Å². The van der Waals surface area contributed by atoms with Gasteiger partial charge in [0, 0.05) is 20.0 Å². The van der Waals surface area contributed by atoms with E-state index >= 15 is 0 Å². The topological polar surface area (TPSA) is 57.2 Å². The van der Waals surface area contributed by atoms with Gasteiger partial charge in [-0.05, 0) is 96.6 Å². The molecule has 0 radical (unpaired) electrons. The lowest BCUT2D eigenvalue weighted by Gasteiger charge is -2.64. The summed E-state index contributed by atoms with van der Waals surface area (Å²) in [7, 11) is 1.72. The number of benzene rings is 1. The van der Waals surface area contributed by atoms with Gasteiger partial charge in [0.2, 0.25) is 0 Å². The van der Waals surface area contributed by atoms with E-state index in [2.05, 4.69) is 26.0 Å². The van der Waals surface area contributed by atoms with Gasteiger partial charge in [0.05, 0.1) is 19.3 Å². The Labute approximate surface area is 204 Å². The van der Waals surface area contributed by atoms with Gasteiger partial charge in [-0.1, -0.05) is 26.0 Å². The van der Waals surface area contributed by atoms with Crippen LogP contribution in [0.5, 0.6) is 5.75 Å². The fourth-order valence-electron chi connectivity index (χ4n) is 9.56. The third kappa shape index (κ3) is 3.48. The Balaban J connectivity index is 1.37. The first-order valence-electron chi connectivity index (χ1n) is 13.6. The smallest absolute Gasteiger partial charge is 0.168 e. The molecule has 5 fully saturated rings. The second kappa shape index (κ2) is 8.47. The molecule has 5 nitrogen and oxygen atoms in total. The Kier molecular flexibility index (Phi) is 5.80. The van der Waals surface area contributed by atoms with Crippen LogP contribution in [0, 0.1) is 34.5 Å². The van der Waals surface area contributed by atoms with Crippen LogP contribution in [0.25, 0.3) is 0 Å². The van der Waals surface area contributed by atoms with E-state index in [1.54, 1.807) is 7.11 Å². The van der Waals surface area contributed by atoms with E-state index in [0.29, 0.717) is 41.6 Å². The van der Waals surface area contributed by atoms with E-state index in [1.165, 1.54) is 31.2 Å². The minimum Gasteiger partial charge on any atom is -0.508 e. The SMILES string of the molecule is COCO[C@H]1CC[C@H]2[C@@H]3CC[C@H]4CC5(CC[C@]4(C)[C@H]3[C@@H](c3ccc(O)cc3)C[C@]12C)OCCO5. The molecule has 0 aromatic heterocycles. The second-order valence-electron chi connectivity index (χ2n) is 12.4. The van der Waals surface area contributed by atoms with Crippen LogP contribution in [-0.2, 0) is 18.9 Å². The van der Waals surface area contributed by atoms with Crippen LogP contribution in [0.1, 0.15) is 76.7 Å². The molecule has 1 spiro atoms. The fourth-order valence-corrected chi connectivity index (χ4v) is 9.56. The monoisotopic (exact) mass is 470 g/mol. The summed E-state index contributed by atoms with van der Waals surface area (Å²) < 4.78 is 24.0. The zero-order chi connectivity index (χ0) is 23.6. The number of fused-ring (bicyclic) bond motifs is 5. The van der Waals surface area contributed by atoms with E-state index in [1.807, 2.05) is 12.1 Å². The van der Waals surface area contributed by atoms with Crippen molar-refractivity contribution in [1.82, 2.24) is 0 Å². The van der Waals surface area contributed by atoms with Crippen LogP contribution in [0.2, 0.25) is 0 Å². The molecule has 1 saturated heterocycles. The Morgan fingerprint density at radius 3 is 2.44 bits per heavy atom. The highest BCUT2D eigenvalue weighted by Gasteiger charge is 2.65. The zero-order valence-corrected chi connectivity index (χ0v) is 21.1. The predicted octanol–water partition coefficient (Wildman–Crippen LogP) is 5.86. The van der Waals surface area contributed by atoms with Crippen LogP contribution in [0.4, 0.5) is 0 Å². The van der Waals surface area contributed by atoms with E-state index in [0.717, 1.165) is 44.8 Å². The zero-order valence-electron chi connectivity index (χ0n) is 21.1. The number of aromatic hydroxyl groups is 1. The normalized spacial score (nSPS) is 45.0. The van der Waals surface area contributed by atoms with Gasteiger partial charge in [0.1, 0.15) is 12.5 Å². The molecule has 188 valence electrons. The summed E-state index contributed by atoms with van der Waals surface area (Å²) in [5.41, 5.74) is 1.85. The van der Waals surface area contributed by atoms with Crippen molar-refractivity contribution in [2.45, 2.75) is 83.0 Å². The van der Waals surface area contributed by atoms with Gasteiger partial charge in [-0.2, -0.15) is 0 Å². The van der Waals surface area contributed by atoms with Crippen LogP contribution < -0.4 is 0 Å². The summed E-state index contributed by atoms with van der Waals surface area (Å²) in [5.74, 6) is 3.23. The molecule has 1 aromatic carbocycles. The van der Waals surface area contributed by atoms with Crippen LogP contribution in [-0.4, -0.2) is 44.1 Å². The van der Waals surface area contributed by atoms with Crippen molar-refractivity contribution >= 4 is 0 Å². The van der Waals surface area contributed by atoms with E-state index < -0.39 is 0 Å². The average molecular weight is 471 g/mol. The molecule has 1 heterocycles. The summed E-state index contributed by atoms with van der Waals surface area (Å²) in [5, 5.41) is 10.0. The number of phenolic OH excluding ortho intramolecular Hbond substituents is 1. The minimum atomic E-state index is -0.319. The third-order valence-electron chi connectivity index (χ3n) is 11.1. The molecule has 6 rings (SSSR count). The van der Waals surface area contributed by atoms with E-state index in [-0.39, 0.29) is 17.3 Å². The van der Waals surface area contributed by atoms with Crippen molar-refractivity contribution in [3.05, 3.63) is 29.8 Å². The maximum Gasteiger partial charge on any atom is 0.168 e. The number of rotatable bonds is 4. The lowest BCUT2D eigenvalue weighted by Crippen LogP contribution is -2.58. The quantitative estimate of drug-likeness (QED) is 0.559. The van der Waals surface area contributed by atoms with Gasteiger partial charge in [0.15, 0.2) is 5.79 Å². The predicted molar refractivity (Wildman–Crippen MR) is 129 cm³/mol. The molecule has 34 heavy (non-hydrogen) atoms. The highest BCUT2D eigenvalue weighted by atomic mass is 16.7. The molecular weight excluding hydrogens is 428 g/mol. The Morgan fingerprint density at radius 1 is 0.941 bits per heavy atom. The molecule has 5 heteroatoms. The number of methoxy groups -OCH3 is 1. The number of hydrogen-bond acceptors (Lipinski definition) is 5. The van der Waals surface area contributed by atoms with Gasteiger partial charge in [0.25, 0.3) is 0 Å². The van der Waals surface area contributed by atoms with Gasteiger partial charge in [-0.25, -0.2) is 0 Å². The molecule has 0 unspecified atom stereocenters. The summed E-state index contributed by atoms with van der Waals surface area (Å²) in [6.07, 6.45) is 9.66. The van der Waals surface area contributed by atoms with Crippen molar-refractivity contribution in [3.8, 4) is 5.75 Å². The highest BCUT2D eigenvalue weighted by molar-refractivity contribution is 5.31. The molecule has 5 aliphatic rings. The Bertz CT molecular complexity index is 879. The second-order valence-corrected chi connectivity index (χ2v) is 12.4. The van der Waals surface area contributed by atoms with Crippen molar-refractivity contribution in [2.75, 3.05) is 27.1 Å². The minimum absolute atomic E-state index is 0.166. The first-order chi connectivity index (χ1) is 16.4. The molecule has 0 bridgehead atoms. The lowest BCUT2D eigenvalue weighted by molar-refractivity contribution is -0.234. The summed E-state index contributed by atoms with van der Waals surface area (Å²) in [4.78, 5) is 0. The Morgan fingerprint density at radius 2 is 1.71 bits per heavy atom. The summed E-state index contributed by atoms with van der Waals surface area (Å²) in [6, 6.07) is 8.12. The molecular formula is C29H42O5. The van der Waals surface area contributed by atoms with Crippen LogP contribution in [0.3, 0.4) is 0 Å². The lowest BCUT2D eigenvalue weighted by atomic mass is 9.41. The van der Waals surface area contributed by atoms with Crippen molar-refractivity contribution in [3.63, 3.8) is 0 Å². The van der Waals surface area contributed by atoms with Gasteiger partial charge in [-0.15, -0.1) is 0 Å². The van der Waals surface area contributed by atoms with Crippen LogP contribution >= 0.6 is 0 Å². The molecule has 4 aliphatic carbocycles. The van der Waals surface area contributed by atoms with E-state index in [4.69, 9.17) is 18.9 Å². The third-order valence-corrected chi connectivity index (χ3v) is 11.1. The molecule has 4 saturated carbocycles. The van der Waals surface area contributed by atoms with Gasteiger partial charge < -0.3 is 24.1 Å². The van der Waals surface area contributed by atoms with Gasteiger partial charge in [-0.3, -0.25) is 0 Å². The molecule has 0 amide bonds. The fraction of sp³-hybridized carbons (Fsp3) is 0.793. The molecule has 1 N–H and O–H groups in total. The van der Waals surface area contributed by atoms with Crippen molar-refractivity contribution in [1.29, 1.82) is 0 Å². The maximum atomic E-state index is 10.0. The first-order valence-corrected chi connectivity index (χ1v) is 13.6. The van der Waals surface area contributed by atoms with Crippen molar-refractivity contribution in [2.24, 2.45) is 34.5 Å². The standard InChI is InChI=1S/C29H42O5/c1-27-12-13-29(33-14-15-34-29)16-20(27)6-9-22-24-10-11-25(32-18-31-3)28(24,2)17-23(26(22)27)19-4-7-21(30)8-5-19/h4-5,7-8,20,22-26,30H,6,9-18H2,1-3H3/t20-,22-,23+,24-,25-,26+,27-,28-/m0/s1. The summed E-state index contributed by atoms with van der Waals surface area (Å²) in [6.45, 7) is 6.97. The average Bonchev–Trinajstić information content (AvgIpc) is 3.42. The highest BCUT2D eigenvalue weighted by Crippen LogP contribution is 2.70.